The average Bonchev–Trinajstić information content (AvgIpc) is 2.58. The Bertz CT molecular complexity index is 378. The van der Waals surface area contributed by atoms with Gasteiger partial charge in [0.2, 0.25) is 0 Å². The fourth-order valence-electron chi connectivity index (χ4n) is 2.78. The standard InChI is InChI=1S/C13H18FNO/c1-13(2)6-3-4-10(13)12(16)9-5-7-15-8-11(9)14/h5,7-8,10,12,16H,3-4,6H2,1-2H3. The van der Waals surface area contributed by atoms with Gasteiger partial charge in [-0.2, -0.15) is 0 Å². The highest BCUT2D eigenvalue weighted by Gasteiger charge is 2.40. The predicted octanol–water partition coefficient (Wildman–Crippen LogP) is 3.08. The maximum absolute atomic E-state index is 13.5. The number of halogens is 1. The summed E-state index contributed by atoms with van der Waals surface area (Å²) in [7, 11) is 0. The fraction of sp³-hybridized carbons (Fsp3) is 0.615. The summed E-state index contributed by atoms with van der Waals surface area (Å²) in [6, 6.07) is 1.58. The Kier molecular flexibility index (Phi) is 2.98. The van der Waals surface area contributed by atoms with Crippen LogP contribution in [0.15, 0.2) is 18.5 Å². The van der Waals surface area contributed by atoms with Crippen LogP contribution in [0.1, 0.15) is 44.8 Å². The Hall–Kier alpha value is -0.960. The first-order chi connectivity index (χ1) is 7.52. The second-order valence-electron chi connectivity index (χ2n) is 5.33. The van der Waals surface area contributed by atoms with Crippen LogP contribution in [0.4, 0.5) is 4.39 Å². The molecule has 0 aliphatic heterocycles. The molecule has 16 heavy (non-hydrogen) atoms. The third-order valence-electron chi connectivity index (χ3n) is 3.84. The molecule has 2 rings (SSSR count). The lowest BCUT2D eigenvalue weighted by Gasteiger charge is -2.31. The minimum atomic E-state index is -0.708. The number of hydrogen-bond donors (Lipinski definition) is 1. The molecule has 0 amide bonds. The van der Waals surface area contributed by atoms with Gasteiger partial charge in [-0.1, -0.05) is 20.3 Å². The summed E-state index contributed by atoms with van der Waals surface area (Å²) < 4.78 is 13.5. The van der Waals surface area contributed by atoms with E-state index in [1.54, 1.807) is 6.07 Å². The monoisotopic (exact) mass is 223 g/mol. The van der Waals surface area contributed by atoms with E-state index in [4.69, 9.17) is 0 Å². The van der Waals surface area contributed by atoms with Gasteiger partial charge in [-0.3, -0.25) is 4.98 Å². The van der Waals surface area contributed by atoms with Gasteiger partial charge in [0.15, 0.2) is 0 Å². The first kappa shape index (κ1) is 11.5. The quantitative estimate of drug-likeness (QED) is 0.835. The SMILES string of the molecule is CC1(C)CCCC1C(O)c1ccncc1F. The van der Waals surface area contributed by atoms with Crippen LogP contribution in [0.5, 0.6) is 0 Å². The molecule has 1 N–H and O–H groups in total. The summed E-state index contributed by atoms with van der Waals surface area (Å²) in [6.07, 6.45) is 5.17. The van der Waals surface area contributed by atoms with Crippen molar-refractivity contribution in [3.8, 4) is 0 Å². The molecule has 0 radical (unpaired) electrons. The Morgan fingerprint density at radius 2 is 2.31 bits per heavy atom. The Labute approximate surface area is 95.5 Å². The minimum Gasteiger partial charge on any atom is -0.388 e. The van der Waals surface area contributed by atoms with Crippen LogP contribution in [0, 0.1) is 17.2 Å². The van der Waals surface area contributed by atoms with E-state index < -0.39 is 11.9 Å². The van der Waals surface area contributed by atoms with Crippen molar-refractivity contribution in [3.63, 3.8) is 0 Å². The molecule has 0 saturated heterocycles. The first-order valence-electron chi connectivity index (χ1n) is 5.80. The van der Waals surface area contributed by atoms with Crippen molar-refractivity contribution in [1.82, 2.24) is 4.98 Å². The molecule has 3 heteroatoms. The summed E-state index contributed by atoms with van der Waals surface area (Å²) in [6.45, 7) is 4.29. The highest BCUT2D eigenvalue weighted by molar-refractivity contribution is 5.17. The second kappa shape index (κ2) is 4.13. The lowest BCUT2D eigenvalue weighted by Crippen LogP contribution is -2.24. The number of pyridine rings is 1. The van der Waals surface area contributed by atoms with E-state index in [0.29, 0.717) is 5.56 Å². The van der Waals surface area contributed by atoms with Gasteiger partial charge in [0.25, 0.3) is 0 Å². The molecule has 1 fully saturated rings. The van der Waals surface area contributed by atoms with Gasteiger partial charge in [-0.25, -0.2) is 4.39 Å². The fourth-order valence-corrected chi connectivity index (χ4v) is 2.78. The molecule has 0 bridgehead atoms. The van der Waals surface area contributed by atoms with Crippen molar-refractivity contribution >= 4 is 0 Å². The number of aromatic nitrogens is 1. The van der Waals surface area contributed by atoms with Crippen molar-refractivity contribution in [2.75, 3.05) is 0 Å². The maximum atomic E-state index is 13.5. The van der Waals surface area contributed by atoms with Gasteiger partial charge in [0.05, 0.1) is 12.3 Å². The summed E-state index contributed by atoms with van der Waals surface area (Å²) in [5.74, 6) is -0.262. The highest BCUT2D eigenvalue weighted by atomic mass is 19.1. The highest BCUT2D eigenvalue weighted by Crippen LogP contribution is 2.48. The molecular weight excluding hydrogens is 205 g/mol. The average molecular weight is 223 g/mol. The molecular formula is C13H18FNO. The van der Waals surface area contributed by atoms with Crippen molar-refractivity contribution in [2.24, 2.45) is 11.3 Å². The van der Waals surface area contributed by atoms with Gasteiger partial charge < -0.3 is 5.11 Å². The molecule has 1 aromatic heterocycles. The molecule has 1 aliphatic rings. The minimum absolute atomic E-state index is 0.0924. The lowest BCUT2D eigenvalue weighted by atomic mass is 9.77. The summed E-state index contributed by atoms with van der Waals surface area (Å²) in [5, 5.41) is 10.3. The van der Waals surface area contributed by atoms with E-state index in [1.807, 2.05) is 0 Å². The zero-order valence-electron chi connectivity index (χ0n) is 9.78. The van der Waals surface area contributed by atoms with Crippen LogP contribution < -0.4 is 0 Å². The molecule has 2 unspecified atom stereocenters. The Balaban J connectivity index is 2.26. The van der Waals surface area contributed by atoms with Crippen molar-refractivity contribution < 1.29 is 9.50 Å². The van der Waals surface area contributed by atoms with Crippen LogP contribution in [-0.2, 0) is 0 Å². The predicted molar refractivity (Wildman–Crippen MR) is 60.3 cm³/mol. The molecule has 1 heterocycles. The van der Waals surface area contributed by atoms with Crippen LogP contribution in [0.25, 0.3) is 0 Å². The van der Waals surface area contributed by atoms with Crippen molar-refractivity contribution in [1.29, 1.82) is 0 Å². The van der Waals surface area contributed by atoms with E-state index >= 15 is 0 Å². The van der Waals surface area contributed by atoms with Crippen molar-refractivity contribution in [2.45, 2.75) is 39.2 Å². The number of aliphatic hydroxyl groups is 1. The van der Waals surface area contributed by atoms with E-state index in [-0.39, 0.29) is 11.3 Å². The zero-order chi connectivity index (χ0) is 11.8. The number of aliphatic hydroxyl groups excluding tert-OH is 1. The van der Waals surface area contributed by atoms with Crippen LogP contribution in [0.3, 0.4) is 0 Å². The molecule has 1 aromatic rings. The number of nitrogens with zero attached hydrogens (tertiary/aromatic N) is 1. The molecule has 1 aliphatic carbocycles. The van der Waals surface area contributed by atoms with Crippen LogP contribution in [-0.4, -0.2) is 10.1 Å². The molecule has 2 atom stereocenters. The van der Waals surface area contributed by atoms with E-state index in [1.165, 1.54) is 12.4 Å². The normalized spacial score (nSPS) is 25.6. The molecule has 2 nitrogen and oxygen atoms in total. The zero-order valence-corrected chi connectivity index (χ0v) is 9.78. The second-order valence-corrected chi connectivity index (χ2v) is 5.33. The van der Waals surface area contributed by atoms with E-state index in [2.05, 4.69) is 18.8 Å². The van der Waals surface area contributed by atoms with Gasteiger partial charge in [-0.15, -0.1) is 0 Å². The summed E-state index contributed by atoms with van der Waals surface area (Å²) in [4.78, 5) is 3.70. The van der Waals surface area contributed by atoms with Gasteiger partial charge in [0, 0.05) is 11.8 Å². The number of rotatable bonds is 2. The Morgan fingerprint density at radius 3 is 2.88 bits per heavy atom. The van der Waals surface area contributed by atoms with Crippen LogP contribution in [0.2, 0.25) is 0 Å². The lowest BCUT2D eigenvalue weighted by molar-refractivity contribution is 0.0504. The summed E-state index contributed by atoms with van der Waals surface area (Å²) in [5.41, 5.74) is 0.477. The topological polar surface area (TPSA) is 33.1 Å². The first-order valence-corrected chi connectivity index (χ1v) is 5.80. The largest absolute Gasteiger partial charge is 0.388 e. The van der Waals surface area contributed by atoms with Crippen molar-refractivity contribution in [3.05, 3.63) is 29.8 Å². The smallest absolute Gasteiger partial charge is 0.147 e. The summed E-state index contributed by atoms with van der Waals surface area (Å²) >= 11 is 0. The Morgan fingerprint density at radius 1 is 1.56 bits per heavy atom. The maximum Gasteiger partial charge on any atom is 0.147 e. The van der Waals surface area contributed by atoms with E-state index in [0.717, 1.165) is 19.3 Å². The third kappa shape index (κ3) is 1.96. The molecule has 0 spiro atoms. The van der Waals surface area contributed by atoms with Crippen LogP contribution >= 0.6 is 0 Å². The van der Waals surface area contributed by atoms with E-state index in [9.17, 15) is 9.50 Å². The molecule has 1 saturated carbocycles. The van der Waals surface area contributed by atoms with Gasteiger partial charge >= 0.3 is 0 Å². The van der Waals surface area contributed by atoms with Gasteiger partial charge in [0.1, 0.15) is 5.82 Å². The van der Waals surface area contributed by atoms with Gasteiger partial charge in [-0.05, 0) is 30.2 Å². The molecule has 0 aromatic carbocycles. The number of hydrogen-bond acceptors (Lipinski definition) is 2. The third-order valence-corrected chi connectivity index (χ3v) is 3.84. The molecule has 88 valence electrons.